The van der Waals surface area contributed by atoms with Crippen LogP contribution in [0.4, 0.5) is 0 Å². The number of nitrogens with zero attached hydrogens (tertiary/aromatic N) is 4. The van der Waals surface area contributed by atoms with Crippen LogP contribution in [0, 0.1) is 6.92 Å². The number of thiazole rings is 1. The summed E-state index contributed by atoms with van der Waals surface area (Å²) < 4.78 is 2.04. The molecule has 0 radical (unpaired) electrons. The Balaban J connectivity index is 2.24. The first-order valence-corrected chi connectivity index (χ1v) is 6.46. The van der Waals surface area contributed by atoms with Crippen molar-refractivity contribution in [3.05, 3.63) is 29.0 Å². The molecule has 0 aliphatic heterocycles. The molecule has 0 aliphatic carbocycles. The van der Waals surface area contributed by atoms with Gasteiger partial charge in [-0.1, -0.05) is 0 Å². The molecule has 0 bridgehead atoms. The van der Waals surface area contributed by atoms with Crippen LogP contribution in [0.25, 0.3) is 21.9 Å². The molecule has 3 heterocycles. The van der Waals surface area contributed by atoms with Gasteiger partial charge in [-0.15, -0.1) is 11.3 Å². The van der Waals surface area contributed by atoms with Gasteiger partial charge in [-0.05, 0) is 19.1 Å². The largest absolute Gasteiger partial charge is 0.325 e. The first-order valence-electron chi connectivity index (χ1n) is 5.65. The molecule has 0 atom stereocenters. The lowest BCUT2D eigenvalue weighted by atomic mass is 10.4. The Hall–Kier alpha value is -1.79. The molecular formula is C12H13N5S. The van der Waals surface area contributed by atoms with Gasteiger partial charge in [0.05, 0.1) is 16.1 Å². The zero-order valence-corrected chi connectivity index (χ0v) is 11.0. The maximum Gasteiger partial charge on any atom is 0.178 e. The summed E-state index contributed by atoms with van der Waals surface area (Å²) in [5.41, 5.74) is 8.39. The Kier molecular flexibility index (Phi) is 2.61. The van der Waals surface area contributed by atoms with Crippen molar-refractivity contribution in [2.45, 2.75) is 13.5 Å². The average Bonchev–Trinajstić information content (AvgIpc) is 2.91. The highest BCUT2D eigenvalue weighted by Gasteiger charge is 2.16. The molecule has 3 aromatic heterocycles. The Morgan fingerprint density at radius 1 is 1.39 bits per heavy atom. The zero-order chi connectivity index (χ0) is 12.7. The molecule has 2 N–H and O–H groups in total. The summed E-state index contributed by atoms with van der Waals surface area (Å²) in [6.45, 7) is 2.45. The molecule has 0 saturated heterocycles. The van der Waals surface area contributed by atoms with Gasteiger partial charge < -0.3 is 10.3 Å². The lowest BCUT2D eigenvalue weighted by Crippen LogP contribution is -1.94. The highest BCUT2D eigenvalue weighted by Crippen LogP contribution is 2.30. The van der Waals surface area contributed by atoms with E-state index in [-0.39, 0.29) is 0 Å². The Labute approximate surface area is 108 Å². The van der Waals surface area contributed by atoms with Crippen molar-refractivity contribution >= 4 is 22.5 Å². The third kappa shape index (κ3) is 1.61. The van der Waals surface area contributed by atoms with Gasteiger partial charge in [0.2, 0.25) is 0 Å². The van der Waals surface area contributed by atoms with Crippen molar-refractivity contribution < 1.29 is 0 Å². The molecular weight excluding hydrogens is 246 g/mol. The summed E-state index contributed by atoms with van der Waals surface area (Å²) in [6.07, 6.45) is 1.75. The molecule has 0 aromatic carbocycles. The summed E-state index contributed by atoms with van der Waals surface area (Å²) in [7, 11) is 1.99. The monoisotopic (exact) mass is 259 g/mol. The van der Waals surface area contributed by atoms with Crippen LogP contribution in [-0.2, 0) is 13.6 Å². The molecule has 0 amide bonds. The Morgan fingerprint density at radius 2 is 2.22 bits per heavy atom. The highest BCUT2D eigenvalue weighted by atomic mass is 32.1. The molecule has 92 valence electrons. The van der Waals surface area contributed by atoms with E-state index in [1.54, 1.807) is 17.5 Å². The number of aryl methyl sites for hydroxylation is 2. The van der Waals surface area contributed by atoms with E-state index < -0.39 is 0 Å². The molecule has 5 nitrogen and oxygen atoms in total. The number of aromatic nitrogens is 4. The highest BCUT2D eigenvalue weighted by molar-refractivity contribution is 7.15. The topological polar surface area (TPSA) is 69.6 Å². The summed E-state index contributed by atoms with van der Waals surface area (Å²) in [4.78, 5) is 14.3. The number of imidazole rings is 1. The molecule has 3 rings (SSSR count). The van der Waals surface area contributed by atoms with Crippen LogP contribution in [0.15, 0.2) is 18.3 Å². The molecule has 6 heteroatoms. The zero-order valence-electron chi connectivity index (χ0n) is 10.2. The van der Waals surface area contributed by atoms with Crippen LogP contribution in [-0.4, -0.2) is 19.5 Å². The predicted molar refractivity (Wildman–Crippen MR) is 72.2 cm³/mol. The van der Waals surface area contributed by atoms with Crippen LogP contribution in [0.1, 0.15) is 10.7 Å². The smallest absolute Gasteiger partial charge is 0.178 e. The van der Waals surface area contributed by atoms with E-state index >= 15 is 0 Å². The van der Waals surface area contributed by atoms with Gasteiger partial charge in [0.1, 0.15) is 5.01 Å². The van der Waals surface area contributed by atoms with Gasteiger partial charge in [0, 0.05) is 19.8 Å². The van der Waals surface area contributed by atoms with Crippen LogP contribution in [0.5, 0.6) is 0 Å². The molecule has 0 fully saturated rings. The number of nitrogens with two attached hydrogens (primary N) is 1. The van der Waals surface area contributed by atoms with Crippen molar-refractivity contribution in [2.24, 2.45) is 12.8 Å². The standard InChI is InChI=1S/C12H13N5S/c1-7-10(18-9(6-13)15-7)12-16-11-8(17(12)2)4-3-5-14-11/h3-5H,6,13H2,1-2H3. The molecule has 3 aromatic rings. The maximum absolute atomic E-state index is 5.63. The van der Waals surface area contributed by atoms with E-state index in [4.69, 9.17) is 5.73 Å². The average molecular weight is 259 g/mol. The lowest BCUT2D eigenvalue weighted by molar-refractivity contribution is 0.958. The van der Waals surface area contributed by atoms with Crippen LogP contribution >= 0.6 is 11.3 Å². The second-order valence-electron chi connectivity index (χ2n) is 4.07. The number of pyridine rings is 1. The first-order chi connectivity index (χ1) is 8.70. The Bertz CT molecular complexity index is 712. The molecule has 0 saturated carbocycles. The summed E-state index contributed by atoms with van der Waals surface area (Å²) >= 11 is 1.59. The first kappa shape index (κ1) is 11.3. The molecule has 0 unspecified atom stereocenters. The third-order valence-electron chi connectivity index (χ3n) is 2.88. The number of rotatable bonds is 2. The van der Waals surface area contributed by atoms with Gasteiger partial charge in [-0.3, -0.25) is 0 Å². The summed E-state index contributed by atoms with van der Waals surface area (Å²) in [6, 6.07) is 3.93. The minimum absolute atomic E-state index is 0.466. The van der Waals surface area contributed by atoms with Gasteiger partial charge in [0.25, 0.3) is 0 Å². The van der Waals surface area contributed by atoms with Crippen LogP contribution < -0.4 is 5.73 Å². The minimum Gasteiger partial charge on any atom is -0.325 e. The van der Waals surface area contributed by atoms with Crippen molar-refractivity contribution in [1.82, 2.24) is 19.5 Å². The normalized spacial score (nSPS) is 11.3. The van der Waals surface area contributed by atoms with Gasteiger partial charge in [-0.25, -0.2) is 15.0 Å². The van der Waals surface area contributed by atoms with E-state index in [0.29, 0.717) is 6.54 Å². The van der Waals surface area contributed by atoms with Gasteiger partial charge in [0.15, 0.2) is 11.5 Å². The van der Waals surface area contributed by atoms with Crippen LogP contribution in [0.2, 0.25) is 0 Å². The second-order valence-corrected chi connectivity index (χ2v) is 5.15. The predicted octanol–water partition coefficient (Wildman–Crippen LogP) is 1.86. The number of hydrogen-bond donors (Lipinski definition) is 1. The van der Waals surface area contributed by atoms with Crippen molar-refractivity contribution in [3.63, 3.8) is 0 Å². The fourth-order valence-corrected chi connectivity index (χ4v) is 2.94. The van der Waals surface area contributed by atoms with Crippen molar-refractivity contribution in [3.8, 4) is 10.7 Å². The molecule has 0 aliphatic rings. The summed E-state index contributed by atoms with van der Waals surface area (Å²) in [5, 5.41) is 0.933. The van der Waals surface area contributed by atoms with Crippen molar-refractivity contribution in [1.29, 1.82) is 0 Å². The quantitative estimate of drug-likeness (QED) is 0.762. The lowest BCUT2D eigenvalue weighted by Gasteiger charge is -1.99. The third-order valence-corrected chi connectivity index (χ3v) is 4.05. The summed E-state index contributed by atoms with van der Waals surface area (Å²) in [5.74, 6) is 0.901. The van der Waals surface area contributed by atoms with E-state index in [2.05, 4.69) is 15.0 Å². The van der Waals surface area contributed by atoms with E-state index in [0.717, 1.165) is 32.6 Å². The van der Waals surface area contributed by atoms with Gasteiger partial charge >= 0.3 is 0 Å². The Morgan fingerprint density at radius 3 is 2.89 bits per heavy atom. The number of hydrogen-bond acceptors (Lipinski definition) is 5. The fraction of sp³-hybridized carbons (Fsp3) is 0.250. The SMILES string of the molecule is Cc1nc(CN)sc1-c1nc2ncccc2n1C. The minimum atomic E-state index is 0.466. The second kappa shape index (κ2) is 4.15. The van der Waals surface area contributed by atoms with E-state index in [1.807, 2.05) is 30.7 Å². The van der Waals surface area contributed by atoms with Crippen molar-refractivity contribution in [2.75, 3.05) is 0 Å². The van der Waals surface area contributed by atoms with E-state index in [1.165, 1.54) is 0 Å². The van der Waals surface area contributed by atoms with Gasteiger partial charge in [-0.2, -0.15) is 0 Å². The van der Waals surface area contributed by atoms with E-state index in [9.17, 15) is 0 Å². The fourth-order valence-electron chi connectivity index (χ4n) is 1.98. The molecule has 18 heavy (non-hydrogen) atoms. The van der Waals surface area contributed by atoms with Crippen LogP contribution in [0.3, 0.4) is 0 Å². The maximum atomic E-state index is 5.63. The number of fused-ring (bicyclic) bond motifs is 1. The molecule has 0 spiro atoms.